The number of amides is 1. The van der Waals surface area contributed by atoms with Crippen LogP contribution in [-0.4, -0.2) is 5.91 Å². The predicted octanol–water partition coefficient (Wildman–Crippen LogP) is 4.84. The molecule has 0 spiro atoms. The van der Waals surface area contributed by atoms with Gasteiger partial charge in [-0.1, -0.05) is 44.2 Å². The molecule has 1 atom stereocenters. The van der Waals surface area contributed by atoms with Crippen LogP contribution in [0.1, 0.15) is 38.8 Å². The van der Waals surface area contributed by atoms with E-state index in [1.807, 2.05) is 30.3 Å². The molecule has 0 saturated heterocycles. The van der Waals surface area contributed by atoms with E-state index in [4.69, 9.17) is 0 Å². The van der Waals surface area contributed by atoms with Crippen LogP contribution in [0.25, 0.3) is 0 Å². The van der Waals surface area contributed by atoms with Crippen LogP contribution in [-0.2, 0) is 4.79 Å². The van der Waals surface area contributed by atoms with E-state index in [1.165, 1.54) is 12.5 Å². The van der Waals surface area contributed by atoms with Gasteiger partial charge in [0.15, 0.2) is 0 Å². The van der Waals surface area contributed by atoms with Crippen molar-refractivity contribution in [2.45, 2.75) is 33.2 Å². The maximum atomic E-state index is 11.1. The molecule has 0 aromatic heterocycles. The molecule has 1 amide bonds. The van der Waals surface area contributed by atoms with Gasteiger partial charge in [0.1, 0.15) is 0 Å². The van der Waals surface area contributed by atoms with E-state index in [-0.39, 0.29) is 11.9 Å². The van der Waals surface area contributed by atoms with E-state index in [0.717, 1.165) is 17.8 Å². The molecule has 2 rings (SSSR count). The zero-order valence-electron chi connectivity index (χ0n) is 13.5. The van der Waals surface area contributed by atoms with E-state index in [2.05, 4.69) is 48.7 Å². The minimum absolute atomic E-state index is 0.0531. The first kappa shape index (κ1) is 16.1. The Bertz CT molecular complexity index is 591. The van der Waals surface area contributed by atoms with Gasteiger partial charge in [0.05, 0.1) is 6.04 Å². The number of anilines is 2. The fourth-order valence-corrected chi connectivity index (χ4v) is 2.49. The Kier molecular flexibility index (Phi) is 5.59. The number of nitrogens with one attached hydrogen (secondary N) is 2. The largest absolute Gasteiger partial charge is 0.378 e. The zero-order chi connectivity index (χ0) is 15.9. The average Bonchev–Trinajstić information content (AvgIpc) is 2.48. The number of carbonyl (C=O) groups is 1. The SMILES string of the molecule is CC(=O)Nc1ccc(NC(CC(C)C)c2ccccc2)cc1. The van der Waals surface area contributed by atoms with Crippen LogP contribution in [0.4, 0.5) is 11.4 Å². The monoisotopic (exact) mass is 296 g/mol. The first-order valence-corrected chi connectivity index (χ1v) is 7.73. The van der Waals surface area contributed by atoms with Crippen molar-refractivity contribution in [3.63, 3.8) is 0 Å². The van der Waals surface area contributed by atoms with Gasteiger partial charge in [-0.25, -0.2) is 0 Å². The molecule has 1 unspecified atom stereocenters. The van der Waals surface area contributed by atoms with Crippen molar-refractivity contribution in [1.29, 1.82) is 0 Å². The van der Waals surface area contributed by atoms with Crippen molar-refractivity contribution >= 4 is 17.3 Å². The van der Waals surface area contributed by atoms with Crippen LogP contribution >= 0.6 is 0 Å². The second kappa shape index (κ2) is 7.64. The highest BCUT2D eigenvalue weighted by atomic mass is 16.1. The summed E-state index contributed by atoms with van der Waals surface area (Å²) in [7, 11) is 0. The standard InChI is InChI=1S/C19H24N2O/c1-14(2)13-19(16-7-5-4-6-8-16)21-18-11-9-17(10-12-18)20-15(3)22/h4-12,14,19,21H,13H2,1-3H3,(H,20,22). The number of rotatable bonds is 6. The van der Waals surface area contributed by atoms with E-state index in [1.54, 1.807) is 0 Å². The Hall–Kier alpha value is -2.29. The molecule has 2 aromatic rings. The van der Waals surface area contributed by atoms with Gasteiger partial charge in [-0.2, -0.15) is 0 Å². The molecule has 3 nitrogen and oxygen atoms in total. The van der Waals surface area contributed by atoms with Gasteiger partial charge < -0.3 is 10.6 Å². The van der Waals surface area contributed by atoms with Gasteiger partial charge in [0.2, 0.25) is 5.91 Å². The molecule has 22 heavy (non-hydrogen) atoms. The summed E-state index contributed by atoms with van der Waals surface area (Å²) in [5, 5.41) is 6.38. The van der Waals surface area contributed by atoms with Crippen molar-refractivity contribution in [3.05, 3.63) is 60.2 Å². The number of hydrogen-bond acceptors (Lipinski definition) is 2. The maximum absolute atomic E-state index is 11.1. The molecule has 0 aliphatic heterocycles. The van der Waals surface area contributed by atoms with Crippen molar-refractivity contribution < 1.29 is 4.79 Å². The highest BCUT2D eigenvalue weighted by molar-refractivity contribution is 5.88. The maximum Gasteiger partial charge on any atom is 0.221 e. The van der Waals surface area contributed by atoms with Crippen molar-refractivity contribution in [2.75, 3.05) is 10.6 Å². The number of benzene rings is 2. The molecular weight excluding hydrogens is 272 g/mol. The number of hydrogen-bond donors (Lipinski definition) is 2. The van der Waals surface area contributed by atoms with Gasteiger partial charge in [0, 0.05) is 18.3 Å². The fourth-order valence-electron chi connectivity index (χ4n) is 2.49. The summed E-state index contributed by atoms with van der Waals surface area (Å²) in [6, 6.07) is 18.6. The fraction of sp³-hybridized carbons (Fsp3) is 0.316. The van der Waals surface area contributed by atoms with E-state index >= 15 is 0 Å². The second-order valence-corrected chi connectivity index (χ2v) is 6.00. The van der Waals surface area contributed by atoms with Crippen LogP contribution in [0.5, 0.6) is 0 Å². The van der Waals surface area contributed by atoms with Crippen molar-refractivity contribution in [1.82, 2.24) is 0 Å². The Morgan fingerprint density at radius 2 is 1.55 bits per heavy atom. The van der Waals surface area contributed by atoms with Crippen LogP contribution in [0.3, 0.4) is 0 Å². The summed E-state index contributed by atoms with van der Waals surface area (Å²) in [6.07, 6.45) is 1.07. The summed E-state index contributed by atoms with van der Waals surface area (Å²) in [6.45, 7) is 5.98. The molecule has 0 radical (unpaired) electrons. The molecule has 2 aromatic carbocycles. The third-order valence-electron chi connectivity index (χ3n) is 3.46. The van der Waals surface area contributed by atoms with Gasteiger partial charge in [0.25, 0.3) is 0 Å². The lowest BCUT2D eigenvalue weighted by molar-refractivity contribution is -0.114. The first-order valence-electron chi connectivity index (χ1n) is 7.73. The molecule has 0 heterocycles. The minimum Gasteiger partial charge on any atom is -0.378 e. The minimum atomic E-state index is -0.0531. The summed E-state index contributed by atoms with van der Waals surface area (Å²) in [5.74, 6) is 0.555. The van der Waals surface area contributed by atoms with Gasteiger partial charge in [-0.15, -0.1) is 0 Å². The van der Waals surface area contributed by atoms with E-state index in [0.29, 0.717) is 5.92 Å². The Morgan fingerprint density at radius 3 is 2.09 bits per heavy atom. The molecule has 0 aliphatic rings. The Balaban J connectivity index is 2.11. The summed E-state index contributed by atoms with van der Waals surface area (Å²) < 4.78 is 0. The normalized spacial score (nSPS) is 12.0. The predicted molar refractivity (Wildman–Crippen MR) is 93.0 cm³/mol. The zero-order valence-corrected chi connectivity index (χ0v) is 13.5. The number of carbonyl (C=O) groups excluding carboxylic acids is 1. The smallest absolute Gasteiger partial charge is 0.221 e. The third kappa shape index (κ3) is 4.92. The van der Waals surface area contributed by atoms with Crippen LogP contribution in [0.15, 0.2) is 54.6 Å². The van der Waals surface area contributed by atoms with Gasteiger partial charge >= 0.3 is 0 Å². The summed E-state index contributed by atoms with van der Waals surface area (Å²) in [5.41, 5.74) is 3.17. The molecule has 0 saturated carbocycles. The van der Waals surface area contributed by atoms with Gasteiger partial charge in [-0.3, -0.25) is 4.79 Å². The van der Waals surface area contributed by atoms with Crippen LogP contribution < -0.4 is 10.6 Å². The third-order valence-corrected chi connectivity index (χ3v) is 3.46. The highest BCUT2D eigenvalue weighted by Crippen LogP contribution is 2.26. The molecule has 0 aliphatic carbocycles. The summed E-state index contributed by atoms with van der Waals surface area (Å²) in [4.78, 5) is 11.1. The molecule has 116 valence electrons. The van der Waals surface area contributed by atoms with Crippen LogP contribution in [0.2, 0.25) is 0 Å². The topological polar surface area (TPSA) is 41.1 Å². The highest BCUT2D eigenvalue weighted by Gasteiger charge is 2.13. The molecule has 3 heteroatoms. The molecule has 0 bridgehead atoms. The second-order valence-electron chi connectivity index (χ2n) is 6.00. The average molecular weight is 296 g/mol. The Labute approximate surface area is 132 Å². The summed E-state index contributed by atoms with van der Waals surface area (Å²) >= 11 is 0. The van der Waals surface area contributed by atoms with Crippen molar-refractivity contribution in [3.8, 4) is 0 Å². The molecular formula is C19H24N2O. The van der Waals surface area contributed by atoms with Crippen LogP contribution in [0, 0.1) is 5.92 Å². The molecule has 2 N–H and O–H groups in total. The first-order chi connectivity index (χ1) is 10.5. The van der Waals surface area contributed by atoms with Crippen molar-refractivity contribution in [2.24, 2.45) is 5.92 Å². The van der Waals surface area contributed by atoms with E-state index in [9.17, 15) is 4.79 Å². The lowest BCUT2D eigenvalue weighted by Crippen LogP contribution is -2.13. The van der Waals surface area contributed by atoms with Gasteiger partial charge in [-0.05, 0) is 42.2 Å². The quantitative estimate of drug-likeness (QED) is 0.800. The van der Waals surface area contributed by atoms with E-state index < -0.39 is 0 Å². The Morgan fingerprint density at radius 1 is 0.955 bits per heavy atom. The lowest BCUT2D eigenvalue weighted by Gasteiger charge is -2.22. The molecule has 0 fully saturated rings. The lowest BCUT2D eigenvalue weighted by atomic mass is 9.97.